The Balaban J connectivity index is 1.65. The van der Waals surface area contributed by atoms with Gasteiger partial charge in [0.1, 0.15) is 7.28 Å². The van der Waals surface area contributed by atoms with E-state index in [1.165, 1.54) is 19.2 Å². The fourth-order valence-corrected chi connectivity index (χ4v) is 5.04. The van der Waals surface area contributed by atoms with Gasteiger partial charge in [0.2, 0.25) is 0 Å². The van der Waals surface area contributed by atoms with Crippen molar-refractivity contribution in [2.24, 2.45) is 17.8 Å². The van der Waals surface area contributed by atoms with E-state index in [9.17, 15) is 0 Å². The lowest BCUT2D eigenvalue weighted by Gasteiger charge is -2.57. The molecule has 0 aromatic rings. The summed E-state index contributed by atoms with van der Waals surface area (Å²) < 4.78 is 0. The Hall–Kier alpha value is 0.0649. The molecule has 1 radical (unpaired) electrons. The first-order valence-electron chi connectivity index (χ1n) is 7.14. The summed E-state index contributed by atoms with van der Waals surface area (Å²) in [5, 5.41) is 0.726. The molecule has 0 nitrogen and oxygen atoms in total. The van der Waals surface area contributed by atoms with Gasteiger partial charge in [-0.2, -0.15) is 0 Å². The van der Waals surface area contributed by atoms with Gasteiger partial charge in [-0.25, -0.2) is 0 Å². The van der Waals surface area contributed by atoms with Crippen LogP contribution in [-0.2, 0) is 0 Å². The minimum atomic E-state index is 0.726. The van der Waals surface area contributed by atoms with Gasteiger partial charge in [-0.15, -0.1) is 0 Å². The predicted molar refractivity (Wildman–Crippen MR) is 66.3 cm³/mol. The van der Waals surface area contributed by atoms with Gasteiger partial charge >= 0.3 is 0 Å². The summed E-state index contributed by atoms with van der Waals surface area (Å²) in [5.74, 6) is 3.36. The molecular weight excluding hydrogens is 179 g/mol. The predicted octanol–water partition coefficient (Wildman–Crippen LogP) is 4.30. The maximum Gasteiger partial charge on any atom is 0.117 e. The topological polar surface area (TPSA) is 0 Å². The molecule has 0 heterocycles. The van der Waals surface area contributed by atoms with Gasteiger partial charge in [0.05, 0.1) is 0 Å². The van der Waals surface area contributed by atoms with E-state index in [0.29, 0.717) is 0 Å². The molecule has 0 N–H and O–H groups in total. The smallest absolute Gasteiger partial charge is 0.0796 e. The van der Waals surface area contributed by atoms with Crippen LogP contribution in [0.4, 0.5) is 0 Å². The Labute approximate surface area is 95.5 Å². The van der Waals surface area contributed by atoms with E-state index in [1.54, 1.807) is 38.5 Å². The SMILES string of the molecule is CCCC[B]C12CC3CC(CC(C3)C1)C2. The molecule has 0 amide bonds. The summed E-state index contributed by atoms with van der Waals surface area (Å²) in [6.45, 7) is 2.31. The van der Waals surface area contributed by atoms with Crippen LogP contribution in [0.1, 0.15) is 58.3 Å². The number of hydrogen-bond acceptors (Lipinski definition) is 0. The zero-order chi connectivity index (χ0) is 10.3. The van der Waals surface area contributed by atoms with Crippen LogP contribution in [0.25, 0.3) is 0 Å². The van der Waals surface area contributed by atoms with Crippen LogP contribution in [0.3, 0.4) is 0 Å². The molecule has 0 saturated heterocycles. The fourth-order valence-electron chi connectivity index (χ4n) is 5.04. The molecular formula is C14H24B. The zero-order valence-electron chi connectivity index (χ0n) is 10.2. The third-order valence-corrected chi connectivity index (χ3v) is 5.22. The molecule has 4 fully saturated rings. The molecule has 0 aliphatic heterocycles. The van der Waals surface area contributed by atoms with Crippen LogP contribution in [0.5, 0.6) is 0 Å². The lowest BCUT2D eigenvalue weighted by atomic mass is 9.35. The van der Waals surface area contributed by atoms with Crippen LogP contribution in [-0.4, -0.2) is 7.28 Å². The fraction of sp³-hybridized carbons (Fsp3) is 1.00. The molecule has 1 heteroatoms. The van der Waals surface area contributed by atoms with E-state index in [2.05, 4.69) is 14.2 Å². The van der Waals surface area contributed by atoms with Crippen LogP contribution in [0.2, 0.25) is 11.6 Å². The first-order chi connectivity index (χ1) is 7.30. The second kappa shape index (κ2) is 3.82. The second-order valence-corrected chi connectivity index (χ2v) is 6.63. The Morgan fingerprint density at radius 1 is 1.00 bits per heavy atom. The highest BCUT2D eigenvalue weighted by Gasteiger charge is 2.50. The second-order valence-electron chi connectivity index (χ2n) is 6.63. The van der Waals surface area contributed by atoms with Crippen LogP contribution < -0.4 is 0 Å². The molecule has 4 aliphatic rings. The van der Waals surface area contributed by atoms with Crippen molar-refractivity contribution < 1.29 is 0 Å². The molecule has 4 bridgehead atoms. The summed E-state index contributed by atoms with van der Waals surface area (Å²) in [6, 6.07) is 0. The van der Waals surface area contributed by atoms with Crippen LogP contribution in [0, 0.1) is 17.8 Å². The van der Waals surface area contributed by atoms with Crippen molar-refractivity contribution in [3.05, 3.63) is 0 Å². The molecule has 83 valence electrons. The van der Waals surface area contributed by atoms with E-state index >= 15 is 0 Å². The molecule has 0 atom stereocenters. The molecule has 4 aliphatic carbocycles. The van der Waals surface area contributed by atoms with Crippen molar-refractivity contribution >= 4 is 7.28 Å². The zero-order valence-corrected chi connectivity index (χ0v) is 10.2. The van der Waals surface area contributed by atoms with Gasteiger partial charge in [0.25, 0.3) is 0 Å². The molecule has 0 unspecified atom stereocenters. The van der Waals surface area contributed by atoms with Crippen LogP contribution in [0.15, 0.2) is 0 Å². The normalized spacial score (nSPS) is 47.1. The minimum Gasteiger partial charge on any atom is -0.0796 e. The summed E-state index contributed by atoms with van der Waals surface area (Å²) in [7, 11) is 2.75. The van der Waals surface area contributed by atoms with E-state index < -0.39 is 0 Å². The Morgan fingerprint density at radius 3 is 2.00 bits per heavy atom. The third-order valence-electron chi connectivity index (χ3n) is 5.22. The maximum atomic E-state index is 2.75. The van der Waals surface area contributed by atoms with Gasteiger partial charge in [-0.3, -0.25) is 0 Å². The number of hydrogen-bond donors (Lipinski definition) is 0. The molecule has 4 rings (SSSR count). The van der Waals surface area contributed by atoms with E-state index in [1.807, 2.05) is 0 Å². The average molecular weight is 203 g/mol. The highest BCUT2D eigenvalue weighted by molar-refractivity contribution is 6.40. The first kappa shape index (κ1) is 10.2. The maximum absolute atomic E-state index is 2.75. The van der Waals surface area contributed by atoms with E-state index in [-0.39, 0.29) is 0 Å². The molecule has 0 spiro atoms. The quantitative estimate of drug-likeness (QED) is 0.472. The van der Waals surface area contributed by atoms with Gasteiger partial charge in [-0.1, -0.05) is 50.7 Å². The summed E-state index contributed by atoms with van der Waals surface area (Å²) in [6.07, 6.45) is 13.6. The summed E-state index contributed by atoms with van der Waals surface area (Å²) >= 11 is 0. The summed E-state index contributed by atoms with van der Waals surface area (Å²) in [5.41, 5.74) is 0. The van der Waals surface area contributed by atoms with Crippen LogP contribution >= 0.6 is 0 Å². The van der Waals surface area contributed by atoms with Gasteiger partial charge in [0, 0.05) is 0 Å². The molecule has 4 saturated carbocycles. The van der Waals surface area contributed by atoms with Gasteiger partial charge < -0.3 is 0 Å². The lowest BCUT2D eigenvalue weighted by molar-refractivity contribution is 0.0285. The highest BCUT2D eigenvalue weighted by atomic mass is 14.5. The molecule has 0 aromatic heterocycles. The van der Waals surface area contributed by atoms with Crippen molar-refractivity contribution in [3.63, 3.8) is 0 Å². The molecule has 0 aromatic carbocycles. The van der Waals surface area contributed by atoms with Crippen molar-refractivity contribution in [2.75, 3.05) is 0 Å². The molecule has 15 heavy (non-hydrogen) atoms. The minimum absolute atomic E-state index is 0.726. The Morgan fingerprint density at radius 2 is 1.53 bits per heavy atom. The number of rotatable bonds is 4. The number of unbranched alkanes of at least 4 members (excludes halogenated alkanes) is 1. The summed E-state index contributed by atoms with van der Waals surface area (Å²) in [4.78, 5) is 0. The first-order valence-corrected chi connectivity index (χ1v) is 7.14. The van der Waals surface area contributed by atoms with E-state index in [0.717, 1.165) is 23.1 Å². The van der Waals surface area contributed by atoms with Gasteiger partial charge in [-0.05, 0) is 37.0 Å². The van der Waals surface area contributed by atoms with Crippen molar-refractivity contribution in [1.29, 1.82) is 0 Å². The average Bonchev–Trinajstić information content (AvgIpc) is 2.15. The van der Waals surface area contributed by atoms with Crippen molar-refractivity contribution in [1.82, 2.24) is 0 Å². The lowest BCUT2D eigenvalue weighted by Crippen LogP contribution is -2.44. The van der Waals surface area contributed by atoms with Gasteiger partial charge in [0.15, 0.2) is 0 Å². The standard InChI is InChI=1S/C14H24B/c1-2-3-4-15-14-8-11-5-12(9-14)7-13(6-11)10-14/h11-13H,2-10H2,1H3. The van der Waals surface area contributed by atoms with E-state index in [4.69, 9.17) is 0 Å². The third kappa shape index (κ3) is 1.87. The Kier molecular flexibility index (Phi) is 2.61. The largest absolute Gasteiger partial charge is 0.117 e. The van der Waals surface area contributed by atoms with Crippen molar-refractivity contribution in [3.8, 4) is 0 Å². The monoisotopic (exact) mass is 203 g/mol. The highest BCUT2D eigenvalue weighted by Crippen LogP contribution is 2.63. The van der Waals surface area contributed by atoms with Crippen molar-refractivity contribution in [2.45, 2.75) is 69.9 Å². The Bertz CT molecular complexity index is 198.